The fourth-order valence-electron chi connectivity index (χ4n) is 5.75. The van der Waals surface area contributed by atoms with Crippen molar-refractivity contribution in [2.75, 3.05) is 18.6 Å². The van der Waals surface area contributed by atoms with Crippen LogP contribution in [0, 0.1) is 23.0 Å². The normalized spacial score (nSPS) is 27.2. The monoisotopic (exact) mass is 725 g/mol. The van der Waals surface area contributed by atoms with Crippen LogP contribution in [0.2, 0.25) is 0 Å². The van der Waals surface area contributed by atoms with Gasteiger partial charge in [-0.1, -0.05) is 21.1 Å². The highest BCUT2D eigenvalue weighted by atomic mass is 79.9. The second-order valence-electron chi connectivity index (χ2n) is 10.3. The zero-order valence-corrected chi connectivity index (χ0v) is 25.8. The van der Waals surface area contributed by atoms with Crippen molar-refractivity contribution in [1.82, 2.24) is 15.0 Å². The molecule has 2 aromatic carbocycles. The van der Waals surface area contributed by atoms with E-state index in [1.807, 2.05) is 0 Å². The quantitative estimate of drug-likeness (QED) is 0.312. The maximum Gasteiger partial charge on any atom is 0.259 e. The molecule has 0 bridgehead atoms. The first kappa shape index (κ1) is 31.6. The Hall–Kier alpha value is -2.84. The molecule has 0 radical (unpaired) electrons. The van der Waals surface area contributed by atoms with Crippen LogP contribution in [0.25, 0.3) is 11.3 Å². The van der Waals surface area contributed by atoms with Crippen molar-refractivity contribution >= 4 is 43.5 Å². The van der Waals surface area contributed by atoms with Gasteiger partial charge in [-0.05, 0) is 65.5 Å². The van der Waals surface area contributed by atoms with Crippen LogP contribution in [0.3, 0.4) is 0 Å². The predicted molar refractivity (Wildman–Crippen MR) is 155 cm³/mol. The Morgan fingerprint density at radius 3 is 2.65 bits per heavy atom. The van der Waals surface area contributed by atoms with E-state index in [-0.39, 0.29) is 21.3 Å². The van der Waals surface area contributed by atoms with Gasteiger partial charge in [0.05, 0.1) is 41.1 Å². The number of methoxy groups -OCH3 is 1. The highest BCUT2D eigenvalue weighted by Gasteiger charge is 2.52. The van der Waals surface area contributed by atoms with Gasteiger partial charge in [0.1, 0.15) is 30.0 Å². The van der Waals surface area contributed by atoms with Crippen LogP contribution in [0.5, 0.6) is 0 Å². The number of rotatable bonds is 7. The van der Waals surface area contributed by atoms with Crippen LogP contribution in [0.1, 0.15) is 30.9 Å². The van der Waals surface area contributed by atoms with E-state index in [0.717, 1.165) is 0 Å². The fourth-order valence-corrected chi connectivity index (χ4v) is 6.54. The summed E-state index contributed by atoms with van der Waals surface area (Å²) in [7, 11) is 1.30. The van der Waals surface area contributed by atoms with Gasteiger partial charge in [0, 0.05) is 22.8 Å². The summed E-state index contributed by atoms with van der Waals surface area (Å²) in [4.78, 5) is 15.8. The second-order valence-corrected chi connectivity index (χ2v) is 12.1. The fraction of sp³-hybridized carbons (Fsp3) is 0.429. The molecule has 11 nitrogen and oxygen atoms in total. The Bertz CT molecular complexity index is 1550. The molecule has 43 heavy (non-hydrogen) atoms. The molecule has 1 aliphatic heterocycles. The number of anilines is 1. The summed E-state index contributed by atoms with van der Waals surface area (Å²) in [6.45, 7) is -0.673. The molecular weight excluding hydrogens is 700 g/mol. The van der Waals surface area contributed by atoms with Crippen molar-refractivity contribution in [3.05, 3.63) is 62.7 Å². The molecule has 3 aromatic rings. The molecule has 2 aliphatic rings. The van der Waals surface area contributed by atoms with Gasteiger partial charge in [-0.3, -0.25) is 4.79 Å². The highest BCUT2D eigenvalue weighted by molar-refractivity contribution is 9.10. The molecule has 15 heteroatoms. The third-order valence-corrected chi connectivity index (χ3v) is 8.88. The van der Waals surface area contributed by atoms with Crippen LogP contribution in [0.4, 0.5) is 14.5 Å². The predicted octanol–water partition coefficient (Wildman–Crippen LogP) is 3.24. The lowest BCUT2D eigenvalue weighted by Gasteiger charge is -2.45. The van der Waals surface area contributed by atoms with Crippen molar-refractivity contribution in [3.63, 3.8) is 0 Å². The van der Waals surface area contributed by atoms with Crippen LogP contribution in [0.15, 0.2) is 45.5 Å². The molecule has 2 fully saturated rings. The maximum absolute atomic E-state index is 14.7. The lowest BCUT2D eigenvalue weighted by atomic mass is 9.91. The molecule has 228 valence electrons. The van der Waals surface area contributed by atoms with Crippen molar-refractivity contribution in [1.29, 1.82) is 5.26 Å². The van der Waals surface area contributed by atoms with Crippen LogP contribution < -0.4 is 4.90 Å². The molecule has 3 N–H and O–H groups in total. The Labute approximate surface area is 261 Å². The topological polar surface area (TPSA) is 154 Å². The Balaban J connectivity index is 1.56. The lowest BCUT2D eigenvalue weighted by molar-refractivity contribution is -0.211. The van der Waals surface area contributed by atoms with E-state index in [0.29, 0.717) is 29.4 Å². The summed E-state index contributed by atoms with van der Waals surface area (Å²) >= 11 is 6.31. The minimum atomic E-state index is -1.46. The molecular formula is C28H27Br2F2N5O6. The van der Waals surface area contributed by atoms with Gasteiger partial charge in [0.15, 0.2) is 17.7 Å². The summed E-state index contributed by atoms with van der Waals surface area (Å²) < 4.78 is 42.2. The number of aliphatic hydroxyl groups excluding tert-OH is 3. The first-order chi connectivity index (χ1) is 20.6. The van der Waals surface area contributed by atoms with Crippen LogP contribution >= 0.6 is 31.9 Å². The largest absolute Gasteiger partial charge is 0.394 e. The van der Waals surface area contributed by atoms with Gasteiger partial charge in [0.2, 0.25) is 0 Å². The van der Waals surface area contributed by atoms with Gasteiger partial charge < -0.3 is 29.7 Å². The number of aliphatic hydroxyl groups is 3. The number of benzene rings is 2. The Morgan fingerprint density at radius 2 is 2.00 bits per heavy atom. The molecule has 1 amide bonds. The van der Waals surface area contributed by atoms with E-state index in [2.05, 4.69) is 48.2 Å². The number of halogens is 4. The van der Waals surface area contributed by atoms with Crippen molar-refractivity contribution in [2.24, 2.45) is 0 Å². The molecule has 0 unspecified atom stereocenters. The standard InChI is InChI=1S/C28H27Br2F2N5O6/c1-42-26-24(36-11-18(34-35-36)16-5-6-17(30)23(32)22(16)31)25(40)21(12-38)43-27(26)28(41)37(19-3-2-4-20(19)39)15-8-13(10-33)7-14(29)9-15/h5-9,11,19-21,24-27,38-40H,2-4,12H2,1H3/t19-,20-,21+,24-,25-,26+,27+/m0/s1. The number of ether oxygens (including phenoxy) is 2. The number of nitrogens with zero attached hydrogens (tertiary/aromatic N) is 5. The number of carbonyl (C=O) groups excluding carboxylic acids is 1. The number of hydrogen-bond acceptors (Lipinski definition) is 9. The highest BCUT2D eigenvalue weighted by Crippen LogP contribution is 2.38. The van der Waals surface area contributed by atoms with Gasteiger partial charge in [-0.15, -0.1) is 5.10 Å². The van der Waals surface area contributed by atoms with Gasteiger partial charge in [0.25, 0.3) is 5.91 Å². The van der Waals surface area contributed by atoms with E-state index >= 15 is 0 Å². The molecule has 1 saturated carbocycles. The molecule has 5 rings (SSSR count). The first-order valence-electron chi connectivity index (χ1n) is 13.3. The average molecular weight is 727 g/mol. The summed E-state index contributed by atoms with van der Waals surface area (Å²) in [6, 6.07) is 7.61. The molecule has 1 aliphatic carbocycles. The van der Waals surface area contributed by atoms with Gasteiger partial charge in [-0.2, -0.15) is 5.26 Å². The number of hydrogen-bond donors (Lipinski definition) is 3. The summed E-state index contributed by atoms with van der Waals surface area (Å²) in [5, 5.41) is 49.7. The Kier molecular flexibility index (Phi) is 9.57. The summed E-state index contributed by atoms with van der Waals surface area (Å²) in [6.07, 6.45) is -3.35. The minimum absolute atomic E-state index is 0.0465. The van der Waals surface area contributed by atoms with Crippen molar-refractivity contribution < 1.29 is 38.4 Å². The van der Waals surface area contributed by atoms with Gasteiger partial charge in [-0.25, -0.2) is 13.5 Å². The maximum atomic E-state index is 14.7. The van der Waals surface area contributed by atoms with Crippen LogP contribution in [-0.4, -0.2) is 86.5 Å². The third-order valence-electron chi connectivity index (χ3n) is 7.81. The smallest absolute Gasteiger partial charge is 0.259 e. The average Bonchev–Trinajstić information content (AvgIpc) is 3.64. The van der Waals surface area contributed by atoms with Crippen molar-refractivity contribution in [2.45, 2.75) is 61.9 Å². The zero-order chi connectivity index (χ0) is 31.0. The number of nitriles is 1. The second kappa shape index (κ2) is 13.0. The van der Waals surface area contributed by atoms with Crippen molar-refractivity contribution in [3.8, 4) is 17.3 Å². The Morgan fingerprint density at radius 1 is 1.23 bits per heavy atom. The molecule has 0 spiro atoms. The zero-order valence-electron chi connectivity index (χ0n) is 22.6. The minimum Gasteiger partial charge on any atom is -0.394 e. The molecule has 1 aromatic heterocycles. The number of aromatic nitrogens is 3. The number of carbonyl (C=O) groups is 1. The van der Waals surface area contributed by atoms with E-state index in [4.69, 9.17) is 9.47 Å². The molecule has 1 saturated heterocycles. The van der Waals surface area contributed by atoms with Crippen LogP contribution in [-0.2, 0) is 14.3 Å². The first-order valence-corrected chi connectivity index (χ1v) is 14.9. The number of amides is 1. The molecule has 2 heterocycles. The molecule has 7 atom stereocenters. The SMILES string of the molecule is CO[C@@H]1[C@@H](n2cc(-c3ccc(Br)c(F)c3F)nn2)[C@@H](O)[C@@H](CO)O[C@H]1C(=O)N(c1cc(Br)cc(C#N)c1)[C@H]1CCC[C@@H]1O. The summed E-state index contributed by atoms with van der Waals surface area (Å²) in [5.41, 5.74) is 0.378. The van der Waals surface area contributed by atoms with E-state index in [9.17, 15) is 34.2 Å². The summed E-state index contributed by atoms with van der Waals surface area (Å²) in [5.74, 6) is -2.91. The van der Waals surface area contributed by atoms with E-state index in [1.165, 1.54) is 41.1 Å². The third kappa shape index (κ3) is 5.97. The van der Waals surface area contributed by atoms with Gasteiger partial charge >= 0.3 is 0 Å². The van der Waals surface area contributed by atoms with E-state index in [1.54, 1.807) is 12.1 Å². The lowest BCUT2D eigenvalue weighted by Crippen LogP contribution is -2.62. The van der Waals surface area contributed by atoms with E-state index < -0.39 is 66.8 Å².